The molecule has 0 radical (unpaired) electrons. The van der Waals surface area contributed by atoms with Gasteiger partial charge in [-0.15, -0.1) is 0 Å². The summed E-state index contributed by atoms with van der Waals surface area (Å²) in [6, 6.07) is 7.34. The molecule has 0 saturated carbocycles. The van der Waals surface area contributed by atoms with Crippen molar-refractivity contribution in [2.45, 2.75) is 33.2 Å². The molecule has 4 nitrogen and oxygen atoms in total. The zero-order valence-corrected chi connectivity index (χ0v) is 12.0. The predicted molar refractivity (Wildman–Crippen MR) is 77.4 cm³/mol. The van der Waals surface area contributed by atoms with Crippen molar-refractivity contribution >= 4 is 5.91 Å². The third kappa shape index (κ3) is 6.25. The molecule has 0 spiro atoms. The summed E-state index contributed by atoms with van der Waals surface area (Å²) in [5.41, 5.74) is 6.25. The van der Waals surface area contributed by atoms with Crippen LogP contribution in [0.4, 0.5) is 0 Å². The Hall–Kier alpha value is -1.55. The van der Waals surface area contributed by atoms with E-state index in [1.165, 1.54) is 0 Å². The number of nitrogens with two attached hydrogens (primary N) is 1. The maximum atomic E-state index is 11.9. The fraction of sp³-hybridized carbons (Fsp3) is 0.533. The topological polar surface area (TPSA) is 64.3 Å². The van der Waals surface area contributed by atoms with Gasteiger partial charge in [-0.25, -0.2) is 0 Å². The Morgan fingerprint density at radius 1 is 1.37 bits per heavy atom. The van der Waals surface area contributed by atoms with E-state index in [1.807, 2.05) is 19.1 Å². The van der Waals surface area contributed by atoms with E-state index in [0.717, 1.165) is 12.2 Å². The van der Waals surface area contributed by atoms with Gasteiger partial charge >= 0.3 is 0 Å². The molecule has 0 aliphatic carbocycles. The second kappa shape index (κ2) is 7.79. The van der Waals surface area contributed by atoms with Gasteiger partial charge in [-0.3, -0.25) is 4.79 Å². The van der Waals surface area contributed by atoms with Gasteiger partial charge in [0.05, 0.1) is 6.61 Å². The number of carbonyl (C=O) groups is 1. The minimum atomic E-state index is -0.0874. The Morgan fingerprint density at radius 2 is 2.11 bits per heavy atom. The number of hydrogen-bond donors (Lipinski definition) is 2. The normalized spacial score (nSPS) is 12.3. The number of amides is 1. The van der Waals surface area contributed by atoms with Crippen LogP contribution < -0.4 is 15.8 Å². The smallest absolute Gasteiger partial charge is 0.251 e. The zero-order valence-electron chi connectivity index (χ0n) is 12.0. The lowest BCUT2D eigenvalue weighted by Gasteiger charge is -2.10. The number of carbonyl (C=O) groups excluding carboxylic acids is 1. The Morgan fingerprint density at radius 3 is 2.74 bits per heavy atom. The van der Waals surface area contributed by atoms with Gasteiger partial charge in [0.1, 0.15) is 5.75 Å². The Bertz CT molecular complexity index is 403. The molecule has 1 rings (SSSR count). The number of ether oxygens (including phenoxy) is 1. The molecule has 3 N–H and O–H groups in total. The van der Waals surface area contributed by atoms with Crippen LogP contribution in [0.1, 0.15) is 37.6 Å². The van der Waals surface area contributed by atoms with E-state index in [9.17, 15) is 4.79 Å². The first-order valence-corrected chi connectivity index (χ1v) is 6.75. The van der Waals surface area contributed by atoms with Crippen molar-refractivity contribution in [3.05, 3.63) is 29.8 Å². The van der Waals surface area contributed by atoms with Crippen molar-refractivity contribution in [3.8, 4) is 5.75 Å². The summed E-state index contributed by atoms with van der Waals surface area (Å²) in [4.78, 5) is 11.9. The molecule has 1 unspecified atom stereocenters. The Balaban J connectivity index is 2.52. The molecule has 0 aromatic heterocycles. The second-order valence-corrected chi connectivity index (χ2v) is 5.25. The standard InChI is InChI=1S/C15H24N2O2/c1-11(2)10-19-14-6-4-5-13(9-14)15(18)17-8-7-12(3)16/h4-6,9,11-12H,7-8,10,16H2,1-3H3,(H,17,18). The molecular formula is C15H24N2O2. The molecule has 1 aromatic rings. The highest BCUT2D eigenvalue weighted by molar-refractivity contribution is 5.94. The third-order valence-electron chi connectivity index (χ3n) is 2.56. The Labute approximate surface area is 115 Å². The van der Waals surface area contributed by atoms with E-state index in [0.29, 0.717) is 24.6 Å². The van der Waals surface area contributed by atoms with Crippen molar-refractivity contribution in [1.29, 1.82) is 0 Å². The van der Waals surface area contributed by atoms with Crippen molar-refractivity contribution in [1.82, 2.24) is 5.32 Å². The quantitative estimate of drug-likeness (QED) is 0.793. The molecular weight excluding hydrogens is 240 g/mol. The van der Waals surface area contributed by atoms with E-state index in [2.05, 4.69) is 19.2 Å². The minimum absolute atomic E-state index is 0.0874. The largest absolute Gasteiger partial charge is 0.493 e. The highest BCUT2D eigenvalue weighted by Crippen LogP contribution is 2.14. The molecule has 0 bridgehead atoms. The predicted octanol–water partition coefficient (Wildman–Crippen LogP) is 2.19. The van der Waals surface area contributed by atoms with Crippen LogP contribution in [0.5, 0.6) is 5.75 Å². The van der Waals surface area contributed by atoms with Gasteiger partial charge in [-0.2, -0.15) is 0 Å². The number of hydrogen-bond acceptors (Lipinski definition) is 3. The van der Waals surface area contributed by atoms with Crippen LogP contribution in [0.25, 0.3) is 0 Å². The van der Waals surface area contributed by atoms with E-state index in [1.54, 1.807) is 12.1 Å². The Kier molecular flexibility index (Phi) is 6.36. The maximum Gasteiger partial charge on any atom is 0.251 e. The van der Waals surface area contributed by atoms with E-state index in [4.69, 9.17) is 10.5 Å². The van der Waals surface area contributed by atoms with Crippen LogP contribution in [0, 0.1) is 5.92 Å². The van der Waals surface area contributed by atoms with Crippen LogP contribution >= 0.6 is 0 Å². The van der Waals surface area contributed by atoms with Crippen molar-refractivity contribution in [2.75, 3.05) is 13.2 Å². The summed E-state index contributed by atoms with van der Waals surface area (Å²) in [6.45, 7) is 7.34. The maximum absolute atomic E-state index is 11.9. The minimum Gasteiger partial charge on any atom is -0.493 e. The lowest BCUT2D eigenvalue weighted by atomic mass is 10.2. The fourth-order valence-corrected chi connectivity index (χ4v) is 1.51. The molecule has 1 amide bonds. The number of benzene rings is 1. The molecule has 1 atom stereocenters. The summed E-state index contributed by atoms with van der Waals surface area (Å²) in [5, 5.41) is 2.85. The zero-order chi connectivity index (χ0) is 14.3. The first kappa shape index (κ1) is 15.5. The van der Waals surface area contributed by atoms with Crippen LogP contribution in [0.15, 0.2) is 24.3 Å². The average molecular weight is 264 g/mol. The lowest BCUT2D eigenvalue weighted by molar-refractivity contribution is 0.0952. The molecule has 0 saturated heterocycles. The fourth-order valence-electron chi connectivity index (χ4n) is 1.51. The lowest BCUT2D eigenvalue weighted by Crippen LogP contribution is -2.28. The summed E-state index contributed by atoms with van der Waals surface area (Å²) in [7, 11) is 0. The molecule has 0 aliphatic heterocycles. The summed E-state index contributed by atoms with van der Waals surface area (Å²) >= 11 is 0. The van der Waals surface area contributed by atoms with E-state index < -0.39 is 0 Å². The molecule has 1 aromatic carbocycles. The summed E-state index contributed by atoms with van der Waals surface area (Å²) in [5.74, 6) is 1.10. The van der Waals surface area contributed by atoms with Gasteiger partial charge < -0.3 is 15.8 Å². The molecule has 0 heterocycles. The summed E-state index contributed by atoms with van der Waals surface area (Å²) in [6.07, 6.45) is 0.773. The molecule has 0 aliphatic rings. The van der Waals surface area contributed by atoms with Gasteiger partial charge in [0, 0.05) is 18.2 Å². The van der Waals surface area contributed by atoms with E-state index >= 15 is 0 Å². The monoisotopic (exact) mass is 264 g/mol. The van der Waals surface area contributed by atoms with Gasteiger partial charge in [-0.05, 0) is 37.5 Å². The molecule has 19 heavy (non-hydrogen) atoms. The third-order valence-corrected chi connectivity index (χ3v) is 2.56. The van der Waals surface area contributed by atoms with Crippen molar-refractivity contribution < 1.29 is 9.53 Å². The SMILES string of the molecule is CC(C)COc1cccc(C(=O)NCCC(C)N)c1. The van der Waals surface area contributed by atoms with Crippen LogP contribution in [0.2, 0.25) is 0 Å². The van der Waals surface area contributed by atoms with Gasteiger partial charge in [0.25, 0.3) is 5.91 Å². The van der Waals surface area contributed by atoms with Gasteiger partial charge in [-0.1, -0.05) is 19.9 Å². The van der Waals surface area contributed by atoms with Crippen LogP contribution in [-0.2, 0) is 0 Å². The first-order chi connectivity index (χ1) is 8.99. The highest BCUT2D eigenvalue weighted by Gasteiger charge is 2.07. The van der Waals surface area contributed by atoms with Crippen molar-refractivity contribution in [3.63, 3.8) is 0 Å². The second-order valence-electron chi connectivity index (χ2n) is 5.25. The summed E-state index contributed by atoms with van der Waals surface area (Å²) < 4.78 is 5.60. The average Bonchev–Trinajstić information content (AvgIpc) is 2.36. The van der Waals surface area contributed by atoms with Gasteiger partial charge in [0.15, 0.2) is 0 Å². The number of nitrogens with one attached hydrogen (secondary N) is 1. The molecule has 0 fully saturated rings. The van der Waals surface area contributed by atoms with E-state index in [-0.39, 0.29) is 11.9 Å². The number of rotatable bonds is 7. The molecule has 106 valence electrons. The highest BCUT2D eigenvalue weighted by atomic mass is 16.5. The molecule has 4 heteroatoms. The van der Waals surface area contributed by atoms with Gasteiger partial charge in [0.2, 0.25) is 0 Å². The first-order valence-electron chi connectivity index (χ1n) is 6.75. The van der Waals surface area contributed by atoms with Crippen LogP contribution in [-0.4, -0.2) is 25.1 Å². The van der Waals surface area contributed by atoms with Crippen LogP contribution in [0.3, 0.4) is 0 Å². The van der Waals surface area contributed by atoms with Crippen molar-refractivity contribution in [2.24, 2.45) is 11.7 Å².